The third-order valence-electron chi connectivity index (χ3n) is 3.71. The van der Waals surface area contributed by atoms with E-state index in [9.17, 15) is 4.79 Å². The van der Waals surface area contributed by atoms with E-state index >= 15 is 0 Å². The lowest BCUT2D eigenvalue weighted by Gasteiger charge is -2.23. The van der Waals surface area contributed by atoms with Gasteiger partial charge in [-0.2, -0.15) is 0 Å². The maximum absolute atomic E-state index is 10.6. The van der Waals surface area contributed by atoms with Crippen LogP contribution in [-0.2, 0) is 4.79 Å². The van der Waals surface area contributed by atoms with E-state index in [1.165, 1.54) is 25.7 Å². The molecule has 0 aromatic heterocycles. The Balaban J connectivity index is 2.32. The van der Waals surface area contributed by atoms with Gasteiger partial charge in [-0.3, -0.25) is 4.79 Å². The smallest absolute Gasteiger partial charge is 0.303 e. The van der Waals surface area contributed by atoms with Crippen molar-refractivity contribution in [3.05, 3.63) is 0 Å². The summed E-state index contributed by atoms with van der Waals surface area (Å²) < 4.78 is 0. The Labute approximate surface area is 92.0 Å². The molecule has 1 fully saturated rings. The molecule has 1 saturated carbocycles. The molecule has 3 nitrogen and oxygen atoms in total. The van der Waals surface area contributed by atoms with E-state index in [1.54, 1.807) is 0 Å². The highest BCUT2D eigenvalue weighted by molar-refractivity contribution is 5.67. The highest BCUT2D eigenvalue weighted by atomic mass is 16.4. The quantitative estimate of drug-likeness (QED) is 0.711. The lowest BCUT2D eigenvalue weighted by atomic mass is 9.84. The van der Waals surface area contributed by atoms with Crippen LogP contribution in [0.5, 0.6) is 0 Å². The molecule has 0 saturated heterocycles. The van der Waals surface area contributed by atoms with E-state index in [0.29, 0.717) is 12.5 Å². The summed E-state index contributed by atoms with van der Waals surface area (Å²) in [5.74, 6) is 0.899. The molecular weight excluding hydrogens is 190 g/mol. The molecule has 2 atom stereocenters. The first kappa shape index (κ1) is 12.5. The molecule has 88 valence electrons. The number of aliphatic carboxylic acids is 1. The second kappa shape index (κ2) is 6.11. The Hall–Kier alpha value is -0.570. The standard InChI is InChI=1S/C12H23NO2/c1-9(11-4-2-3-5-11)6-10(8-13)7-12(14)15/h9-11H,2-8,13H2,1H3,(H,14,15)/t9-,10-/m0/s1. The highest BCUT2D eigenvalue weighted by Gasteiger charge is 2.24. The number of carboxylic acids is 1. The van der Waals surface area contributed by atoms with Crippen molar-refractivity contribution in [3.8, 4) is 0 Å². The van der Waals surface area contributed by atoms with Gasteiger partial charge in [0.15, 0.2) is 0 Å². The summed E-state index contributed by atoms with van der Waals surface area (Å²) in [7, 11) is 0. The van der Waals surface area contributed by atoms with Gasteiger partial charge in [-0.15, -0.1) is 0 Å². The molecule has 1 rings (SSSR count). The summed E-state index contributed by atoms with van der Waals surface area (Å²) in [6, 6.07) is 0. The molecule has 0 heterocycles. The molecule has 0 unspecified atom stereocenters. The minimum absolute atomic E-state index is 0.165. The van der Waals surface area contributed by atoms with Gasteiger partial charge in [-0.05, 0) is 30.7 Å². The summed E-state index contributed by atoms with van der Waals surface area (Å²) in [6.45, 7) is 2.75. The minimum Gasteiger partial charge on any atom is -0.481 e. The second-order valence-corrected chi connectivity index (χ2v) is 4.96. The van der Waals surface area contributed by atoms with Crippen molar-refractivity contribution in [1.29, 1.82) is 0 Å². The average Bonchev–Trinajstić information content (AvgIpc) is 2.68. The molecular formula is C12H23NO2. The summed E-state index contributed by atoms with van der Waals surface area (Å²) in [4.78, 5) is 10.6. The molecule has 0 bridgehead atoms. The van der Waals surface area contributed by atoms with Gasteiger partial charge in [0.25, 0.3) is 0 Å². The molecule has 3 N–H and O–H groups in total. The molecule has 1 aliphatic carbocycles. The molecule has 0 aromatic carbocycles. The largest absolute Gasteiger partial charge is 0.481 e. The second-order valence-electron chi connectivity index (χ2n) is 4.96. The van der Waals surface area contributed by atoms with Crippen molar-refractivity contribution < 1.29 is 9.90 Å². The topological polar surface area (TPSA) is 63.3 Å². The molecule has 0 spiro atoms. The lowest BCUT2D eigenvalue weighted by Crippen LogP contribution is -2.22. The van der Waals surface area contributed by atoms with Crippen molar-refractivity contribution in [3.63, 3.8) is 0 Å². The Bertz CT molecular complexity index is 200. The first-order valence-corrected chi connectivity index (χ1v) is 6.05. The summed E-state index contributed by atoms with van der Waals surface area (Å²) in [5, 5.41) is 8.74. The predicted molar refractivity (Wildman–Crippen MR) is 60.5 cm³/mol. The normalized spacial score (nSPS) is 21.5. The van der Waals surface area contributed by atoms with Crippen LogP contribution in [0.3, 0.4) is 0 Å². The summed E-state index contributed by atoms with van der Waals surface area (Å²) in [5.41, 5.74) is 5.60. The van der Waals surface area contributed by atoms with Gasteiger partial charge in [-0.1, -0.05) is 32.6 Å². The van der Waals surface area contributed by atoms with E-state index in [-0.39, 0.29) is 12.3 Å². The van der Waals surface area contributed by atoms with Crippen molar-refractivity contribution in [2.45, 2.75) is 45.4 Å². The average molecular weight is 213 g/mol. The Kier molecular flexibility index (Phi) is 5.09. The fourth-order valence-electron chi connectivity index (χ4n) is 2.75. The van der Waals surface area contributed by atoms with Crippen molar-refractivity contribution in [2.24, 2.45) is 23.5 Å². The third kappa shape index (κ3) is 4.20. The Morgan fingerprint density at radius 1 is 1.47 bits per heavy atom. The molecule has 0 radical (unpaired) electrons. The van der Waals surface area contributed by atoms with E-state index in [0.717, 1.165) is 12.3 Å². The predicted octanol–water partition coefficient (Wildman–Crippen LogP) is 2.25. The van der Waals surface area contributed by atoms with Gasteiger partial charge >= 0.3 is 5.97 Å². The molecule has 0 aromatic rings. The number of nitrogens with two attached hydrogens (primary N) is 1. The number of carbonyl (C=O) groups is 1. The highest BCUT2D eigenvalue weighted by Crippen LogP contribution is 2.34. The molecule has 0 aliphatic heterocycles. The zero-order valence-electron chi connectivity index (χ0n) is 9.61. The monoisotopic (exact) mass is 213 g/mol. The number of rotatable bonds is 6. The van der Waals surface area contributed by atoms with Crippen LogP contribution in [0.4, 0.5) is 0 Å². The molecule has 15 heavy (non-hydrogen) atoms. The van der Waals surface area contributed by atoms with Crippen LogP contribution in [0.2, 0.25) is 0 Å². The molecule has 3 heteroatoms. The van der Waals surface area contributed by atoms with E-state index < -0.39 is 5.97 Å². The van der Waals surface area contributed by atoms with Gasteiger partial charge in [0.1, 0.15) is 0 Å². The van der Waals surface area contributed by atoms with E-state index in [1.807, 2.05) is 0 Å². The van der Waals surface area contributed by atoms with Gasteiger partial charge in [-0.25, -0.2) is 0 Å². The SMILES string of the molecule is C[C@@H](C[C@H](CN)CC(=O)O)C1CCCC1. The molecule has 1 aliphatic rings. The van der Waals surface area contributed by atoms with Gasteiger partial charge < -0.3 is 10.8 Å². The summed E-state index contributed by atoms with van der Waals surface area (Å²) in [6.07, 6.45) is 6.56. The van der Waals surface area contributed by atoms with Crippen LogP contribution in [-0.4, -0.2) is 17.6 Å². The van der Waals surface area contributed by atoms with Gasteiger partial charge in [0.05, 0.1) is 0 Å². The number of hydrogen-bond acceptors (Lipinski definition) is 2. The first-order chi connectivity index (χ1) is 7.13. The third-order valence-corrected chi connectivity index (χ3v) is 3.71. The minimum atomic E-state index is -0.718. The van der Waals surface area contributed by atoms with Crippen LogP contribution >= 0.6 is 0 Å². The maximum Gasteiger partial charge on any atom is 0.303 e. The summed E-state index contributed by atoms with van der Waals surface area (Å²) >= 11 is 0. The van der Waals surface area contributed by atoms with Gasteiger partial charge in [0.2, 0.25) is 0 Å². The Morgan fingerprint density at radius 2 is 2.07 bits per heavy atom. The van der Waals surface area contributed by atoms with Crippen LogP contribution < -0.4 is 5.73 Å². The van der Waals surface area contributed by atoms with E-state index in [2.05, 4.69) is 6.92 Å². The van der Waals surface area contributed by atoms with Gasteiger partial charge in [0, 0.05) is 6.42 Å². The van der Waals surface area contributed by atoms with Crippen LogP contribution in [0.15, 0.2) is 0 Å². The molecule has 0 amide bonds. The zero-order valence-corrected chi connectivity index (χ0v) is 9.61. The van der Waals surface area contributed by atoms with E-state index in [4.69, 9.17) is 10.8 Å². The number of carboxylic acid groups (broad SMARTS) is 1. The van der Waals surface area contributed by atoms with Crippen LogP contribution in [0, 0.1) is 17.8 Å². The lowest BCUT2D eigenvalue weighted by molar-refractivity contribution is -0.138. The Morgan fingerprint density at radius 3 is 2.53 bits per heavy atom. The van der Waals surface area contributed by atoms with Crippen LogP contribution in [0.1, 0.15) is 45.4 Å². The van der Waals surface area contributed by atoms with Crippen LogP contribution in [0.25, 0.3) is 0 Å². The van der Waals surface area contributed by atoms with Crippen molar-refractivity contribution >= 4 is 5.97 Å². The number of hydrogen-bond donors (Lipinski definition) is 2. The fourth-order valence-corrected chi connectivity index (χ4v) is 2.75. The zero-order chi connectivity index (χ0) is 11.3. The van der Waals surface area contributed by atoms with Crippen molar-refractivity contribution in [2.75, 3.05) is 6.54 Å². The first-order valence-electron chi connectivity index (χ1n) is 6.05. The van der Waals surface area contributed by atoms with Crippen molar-refractivity contribution in [1.82, 2.24) is 0 Å². The fraction of sp³-hybridized carbons (Fsp3) is 0.917. The maximum atomic E-state index is 10.6.